The molecule has 0 saturated carbocycles. The van der Waals surface area contributed by atoms with Crippen molar-refractivity contribution < 1.29 is 13.3 Å². The van der Waals surface area contributed by atoms with E-state index in [2.05, 4.69) is 16.5 Å². The average Bonchev–Trinajstić information content (AvgIpc) is 2.66. The SMILES string of the molecule is CON=C(CCCC1CCNCC1)c1ccc2c(c1)CCN(S(C)(=O)=O)C2. The zero-order valence-electron chi connectivity index (χ0n) is 16.4. The third-order valence-electron chi connectivity index (χ3n) is 5.67. The molecule has 2 heterocycles. The molecule has 2 aliphatic heterocycles. The third-order valence-corrected chi connectivity index (χ3v) is 6.92. The van der Waals surface area contributed by atoms with Gasteiger partial charge in [-0.15, -0.1) is 0 Å². The largest absolute Gasteiger partial charge is 0.399 e. The molecule has 0 amide bonds. The molecule has 1 fully saturated rings. The van der Waals surface area contributed by atoms with E-state index in [4.69, 9.17) is 4.84 Å². The van der Waals surface area contributed by atoms with Crippen molar-refractivity contribution in [3.63, 3.8) is 0 Å². The number of sulfonamides is 1. The molecule has 6 nitrogen and oxygen atoms in total. The molecular formula is C20H31N3O3S. The van der Waals surface area contributed by atoms with Gasteiger partial charge in [0.25, 0.3) is 0 Å². The third kappa shape index (κ3) is 5.53. The van der Waals surface area contributed by atoms with Crippen LogP contribution in [-0.4, -0.2) is 51.4 Å². The summed E-state index contributed by atoms with van der Waals surface area (Å²) in [6.07, 6.45) is 7.82. The minimum Gasteiger partial charge on any atom is -0.399 e. The van der Waals surface area contributed by atoms with Crippen molar-refractivity contribution in [3.05, 3.63) is 34.9 Å². The molecule has 27 heavy (non-hydrogen) atoms. The Morgan fingerprint density at radius 1 is 1.30 bits per heavy atom. The summed E-state index contributed by atoms with van der Waals surface area (Å²) < 4.78 is 25.1. The zero-order valence-corrected chi connectivity index (χ0v) is 17.2. The molecule has 150 valence electrons. The van der Waals surface area contributed by atoms with E-state index in [0.717, 1.165) is 55.1 Å². The van der Waals surface area contributed by atoms with Crippen LogP contribution in [0.1, 0.15) is 48.8 Å². The van der Waals surface area contributed by atoms with Gasteiger partial charge in [0.2, 0.25) is 10.0 Å². The Kier molecular flexibility index (Phi) is 6.89. The molecule has 1 aromatic rings. The van der Waals surface area contributed by atoms with Crippen molar-refractivity contribution in [2.45, 2.75) is 45.1 Å². The van der Waals surface area contributed by atoms with Crippen molar-refractivity contribution in [3.8, 4) is 0 Å². The van der Waals surface area contributed by atoms with E-state index in [9.17, 15) is 8.42 Å². The second-order valence-electron chi connectivity index (χ2n) is 7.64. The van der Waals surface area contributed by atoms with Gasteiger partial charge in [-0.3, -0.25) is 0 Å². The topological polar surface area (TPSA) is 71.0 Å². The lowest BCUT2D eigenvalue weighted by molar-refractivity contribution is 0.212. The second-order valence-corrected chi connectivity index (χ2v) is 9.62. The number of fused-ring (bicyclic) bond motifs is 1. The van der Waals surface area contributed by atoms with Gasteiger partial charge in [-0.1, -0.05) is 17.3 Å². The molecule has 3 rings (SSSR count). The zero-order chi connectivity index (χ0) is 19.3. The van der Waals surface area contributed by atoms with Crippen LogP contribution >= 0.6 is 0 Å². The molecule has 0 aliphatic carbocycles. The fourth-order valence-electron chi connectivity index (χ4n) is 4.07. The molecule has 0 spiro atoms. The second kappa shape index (κ2) is 9.17. The highest BCUT2D eigenvalue weighted by Crippen LogP contribution is 2.24. The van der Waals surface area contributed by atoms with Crippen LogP contribution in [0.5, 0.6) is 0 Å². The first-order valence-corrected chi connectivity index (χ1v) is 11.7. The molecule has 1 N–H and O–H groups in total. The van der Waals surface area contributed by atoms with E-state index >= 15 is 0 Å². The molecule has 0 aromatic heterocycles. The number of nitrogens with zero attached hydrogens (tertiary/aromatic N) is 2. The van der Waals surface area contributed by atoms with Crippen LogP contribution < -0.4 is 5.32 Å². The van der Waals surface area contributed by atoms with Crippen molar-refractivity contribution >= 4 is 15.7 Å². The summed E-state index contributed by atoms with van der Waals surface area (Å²) >= 11 is 0. The van der Waals surface area contributed by atoms with Crippen molar-refractivity contribution in [2.75, 3.05) is 33.0 Å². The van der Waals surface area contributed by atoms with Crippen molar-refractivity contribution in [1.82, 2.24) is 9.62 Å². The number of rotatable bonds is 7. The first kappa shape index (κ1) is 20.3. The van der Waals surface area contributed by atoms with Crippen LogP contribution in [0, 0.1) is 5.92 Å². The summed E-state index contributed by atoms with van der Waals surface area (Å²) in [5.74, 6) is 0.820. The van der Waals surface area contributed by atoms with Gasteiger partial charge in [-0.25, -0.2) is 8.42 Å². The lowest BCUT2D eigenvalue weighted by Crippen LogP contribution is -2.35. The number of nitrogens with one attached hydrogen (secondary N) is 1. The molecule has 1 saturated heterocycles. The van der Waals surface area contributed by atoms with Crippen LogP contribution in [0.3, 0.4) is 0 Å². The summed E-state index contributed by atoms with van der Waals surface area (Å²) in [7, 11) is -1.55. The maximum absolute atomic E-state index is 11.8. The van der Waals surface area contributed by atoms with Gasteiger partial charge < -0.3 is 10.2 Å². The van der Waals surface area contributed by atoms with Gasteiger partial charge in [0.1, 0.15) is 7.11 Å². The first-order valence-electron chi connectivity index (χ1n) is 9.85. The van der Waals surface area contributed by atoms with Gasteiger partial charge in [0.15, 0.2) is 0 Å². The van der Waals surface area contributed by atoms with E-state index in [1.165, 1.54) is 35.4 Å². The number of oxime groups is 1. The van der Waals surface area contributed by atoms with Gasteiger partial charge in [0.05, 0.1) is 12.0 Å². The standard InChI is InChI=1S/C20H31N3O3S/c1-26-22-20(5-3-4-16-8-11-21-12-9-16)18-6-7-19-15-23(27(2,24)25)13-10-17(19)14-18/h6-7,14,16,21H,3-5,8-13,15H2,1-2H3. The van der Waals surface area contributed by atoms with Gasteiger partial charge >= 0.3 is 0 Å². The maximum Gasteiger partial charge on any atom is 0.211 e. The maximum atomic E-state index is 11.8. The summed E-state index contributed by atoms with van der Waals surface area (Å²) in [4.78, 5) is 5.10. The quantitative estimate of drug-likeness (QED) is 0.571. The summed E-state index contributed by atoms with van der Waals surface area (Å²) in [6.45, 7) is 3.28. The molecule has 0 bridgehead atoms. The normalized spacial score (nSPS) is 19.7. The predicted octanol–water partition coefficient (Wildman–Crippen LogP) is 2.52. The fourth-order valence-corrected chi connectivity index (χ4v) is 4.87. The molecule has 1 aromatic carbocycles. The van der Waals surface area contributed by atoms with Crippen molar-refractivity contribution in [2.24, 2.45) is 11.1 Å². The van der Waals surface area contributed by atoms with Crippen molar-refractivity contribution in [1.29, 1.82) is 0 Å². The number of hydrogen-bond acceptors (Lipinski definition) is 5. The molecular weight excluding hydrogens is 362 g/mol. The Bertz CT molecular complexity index is 771. The highest BCUT2D eigenvalue weighted by molar-refractivity contribution is 7.88. The van der Waals surface area contributed by atoms with E-state index < -0.39 is 10.0 Å². The van der Waals surface area contributed by atoms with E-state index in [1.54, 1.807) is 7.11 Å². The minimum absolute atomic E-state index is 0.459. The predicted molar refractivity (Wildman–Crippen MR) is 108 cm³/mol. The van der Waals surface area contributed by atoms with Gasteiger partial charge in [0, 0.05) is 13.1 Å². The van der Waals surface area contributed by atoms with E-state index in [-0.39, 0.29) is 0 Å². The Labute approximate surface area is 163 Å². The smallest absolute Gasteiger partial charge is 0.211 e. The Morgan fingerprint density at radius 3 is 2.78 bits per heavy atom. The van der Waals surface area contributed by atoms with Crippen LogP contribution in [0.2, 0.25) is 0 Å². The van der Waals surface area contributed by atoms with E-state index in [0.29, 0.717) is 13.1 Å². The molecule has 7 heteroatoms. The minimum atomic E-state index is -3.14. The first-order chi connectivity index (χ1) is 13.0. The lowest BCUT2D eigenvalue weighted by atomic mass is 9.90. The Hall–Kier alpha value is -1.44. The summed E-state index contributed by atoms with van der Waals surface area (Å²) in [6, 6.07) is 6.25. The number of benzene rings is 1. The number of piperidine rings is 1. The summed E-state index contributed by atoms with van der Waals surface area (Å²) in [5.41, 5.74) is 4.38. The molecule has 0 atom stereocenters. The molecule has 0 radical (unpaired) electrons. The Morgan fingerprint density at radius 2 is 2.07 bits per heavy atom. The number of hydrogen-bond donors (Lipinski definition) is 1. The molecule has 2 aliphatic rings. The van der Waals surface area contributed by atoms with Crippen LogP contribution in [-0.2, 0) is 27.8 Å². The fraction of sp³-hybridized carbons (Fsp3) is 0.650. The highest BCUT2D eigenvalue weighted by atomic mass is 32.2. The van der Waals surface area contributed by atoms with Crippen LogP contribution in [0.25, 0.3) is 0 Å². The Balaban J connectivity index is 1.65. The molecule has 0 unspecified atom stereocenters. The van der Waals surface area contributed by atoms with Crippen LogP contribution in [0.15, 0.2) is 23.4 Å². The van der Waals surface area contributed by atoms with Gasteiger partial charge in [-0.05, 0) is 80.3 Å². The monoisotopic (exact) mass is 393 g/mol. The van der Waals surface area contributed by atoms with Gasteiger partial charge in [-0.2, -0.15) is 4.31 Å². The average molecular weight is 394 g/mol. The highest BCUT2D eigenvalue weighted by Gasteiger charge is 2.23. The van der Waals surface area contributed by atoms with Crippen LogP contribution in [0.4, 0.5) is 0 Å². The summed E-state index contributed by atoms with van der Waals surface area (Å²) in [5, 5.41) is 7.69. The van der Waals surface area contributed by atoms with E-state index in [1.807, 2.05) is 12.1 Å². The lowest BCUT2D eigenvalue weighted by Gasteiger charge is -2.27.